The molecule has 1 aliphatic heterocycles. The molecule has 2 aliphatic rings. The molecule has 4 rings (SSSR count). The number of carbonyl (C=O) groups excluding carboxylic acids is 2. The first-order valence-electron chi connectivity index (χ1n) is 9.89. The van der Waals surface area contributed by atoms with Crippen LogP contribution in [-0.4, -0.2) is 45.8 Å². The fourth-order valence-electron chi connectivity index (χ4n) is 3.96. The lowest BCUT2D eigenvalue weighted by Crippen LogP contribution is -2.41. The maximum atomic E-state index is 14.1. The topological polar surface area (TPSA) is 102 Å². The van der Waals surface area contributed by atoms with Crippen LogP contribution in [0.25, 0.3) is 0 Å². The van der Waals surface area contributed by atoms with Gasteiger partial charge in [-0.25, -0.2) is 17.6 Å². The van der Waals surface area contributed by atoms with E-state index in [0.29, 0.717) is 12.5 Å². The molecule has 0 spiro atoms. The lowest BCUT2D eigenvalue weighted by Gasteiger charge is -2.25. The van der Waals surface area contributed by atoms with Crippen LogP contribution in [0.1, 0.15) is 39.3 Å². The standard InChI is InChI=1S/C21H19F4N3O4/c22-13-2-1-10(15(23)4-13)6-27-19(31)14-7-26-16(18(30)17(14)29)20(32)28-8-12-3-11(12)5-21(24,25)9-28/h1-2,4,7,11-12,30H,3,5-6,8-9H2,(H,26,29)(H,27,31)/t11?,12-/m1/s1. The van der Waals surface area contributed by atoms with Gasteiger partial charge in [0.2, 0.25) is 5.43 Å². The molecule has 3 N–H and O–H groups in total. The summed E-state index contributed by atoms with van der Waals surface area (Å²) in [6.07, 6.45) is 1.16. The third kappa shape index (κ3) is 4.32. The number of aromatic hydroxyl groups is 1. The van der Waals surface area contributed by atoms with Crippen LogP contribution in [0.15, 0.2) is 29.2 Å². The van der Waals surface area contributed by atoms with Gasteiger partial charge in [-0.1, -0.05) is 6.07 Å². The van der Waals surface area contributed by atoms with E-state index in [1.807, 2.05) is 0 Å². The Balaban J connectivity index is 1.50. The van der Waals surface area contributed by atoms with E-state index in [2.05, 4.69) is 10.3 Å². The van der Waals surface area contributed by atoms with Gasteiger partial charge in [0.05, 0.1) is 6.54 Å². The highest BCUT2D eigenvalue weighted by molar-refractivity contribution is 5.98. The number of alkyl halides is 2. The summed E-state index contributed by atoms with van der Waals surface area (Å²) in [4.78, 5) is 40.7. The molecule has 7 nitrogen and oxygen atoms in total. The number of fused-ring (bicyclic) bond motifs is 1. The smallest absolute Gasteiger partial charge is 0.274 e. The van der Waals surface area contributed by atoms with Crippen molar-refractivity contribution in [2.45, 2.75) is 25.3 Å². The van der Waals surface area contributed by atoms with Crippen molar-refractivity contribution in [1.29, 1.82) is 0 Å². The highest BCUT2D eigenvalue weighted by atomic mass is 19.3. The molecule has 1 saturated heterocycles. The minimum absolute atomic E-state index is 0.0346. The highest BCUT2D eigenvalue weighted by Crippen LogP contribution is 2.48. The first-order chi connectivity index (χ1) is 15.1. The van der Waals surface area contributed by atoms with Crippen molar-refractivity contribution in [3.63, 3.8) is 0 Å². The number of rotatable bonds is 4. The van der Waals surface area contributed by atoms with E-state index in [0.717, 1.165) is 23.2 Å². The largest absolute Gasteiger partial charge is 0.503 e. The molecule has 0 radical (unpaired) electrons. The van der Waals surface area contributed by atoms with Gasteiger partial charge in [-0.15, -0.1) is 0 Å². The molecule has 32 heavy (non-hydrogen) atoms. The molecule has 2 fully saturated rings. The zero-order chi connectivity index (χ0) is 23.2. The summed E-state index contributed by atoms with van der Waals surface area (Å²) in [6.45, 7) is -1.10. The second kappa shape index (κ2) is 7.95. The summed E-state index contributed by atoms with van der Waals surface area (Å²) in [5.74, 6) is -7.97. The molecule has 2 amide bonds. The van der Waals surface area contributed by atoms with Gasteiger partial charge in [-0.05, 0) is 24.3 Å². The van der Waals surface area contributed by atoms with Crippen LogP contribution >= 0.6 is 0 Å². The Morgan fingerprint density at radius 1 is 1.25 bits per heavy atom. The van der Waals surface area contributed by atoms with Crippen LogP contribution in [0, 0.1) is 23.5 Å². The molecular weight excluding hydrogens is 434 g/mol. The number of H-pyrrole nitrogens is 1. The Bertz CT molecular complexity index is 1150. The Labute approximate surface area is 179 Å². The molecule has 2 heterocycles. The lowest BCUT2D eigenvalue weighted by molar-refractivity contribution is -0.0315. The van der Waals surface area contributed by atoms with Gasteiger partial charge in [-0.2, -0.15) is 0 Å². The van der Waals surface area contributed by atoms with Crippen molar-refractivity contribution in [3.05, 3.63) is 63.1 Å². The predicted molar refractivity (Wildman–Crippen MR) is 103 cm³/mol. The monoisotopic (exact) mass is 453 g/mol. The number of benzene rings is 1. The molecular formula is C21H19F4N3O4. The Morgan fingerprint density at radius 2 is 2.00 bits per heavy atom. The fourth-order valence-corrected chi connectivity index (χ4v) is 3.96. The summed E-state index contributed by atoms with van der Waals surface area (Å²) in [5.41, 5.74) is -2.38. The summed E-state index contributed by atoms with van der Waals surface area (Å²) in [6, 6.07) is 2.76. The van der Waals surface area contributed by atoms with Crippen LogP contribution in [0.3, 0.4) is 0 Å². The van der Waals surface area contributed by atoms with E-state index in [9.17, 15) is 37.1 Å². The number of nitrogens with zero attached hydrogens (tertiary/aromatic N) is 1. The first kappa shape index (κ1) is 21.8. The van der Waals surface area contributed by atoms with Gasteiger partial charge in [0.15, 0.2) is 11.4 Å². The van der Waals surface area contributed by atoms with E-state index in [1.165, 1.54) is 0 Å². The van der Waals surface area contributed by atoms with Gasteiger partial charge < -0.3 is 20.3 Å². The van der Waals surface area contributed by atoms with Gasteiger partial charge in [0.25, 0.3) is 17.7 Å². The van der Waals surface area contributed by atoms with Crippen LogP contribution in [-0.2, 0) is 6.54 Å². The number of aromatic amines is 1. The SMILES string of the molecule is O=C(NCc1ccc(F)cc1F)c1c[nH]c(C(=O)N2C[C@H]3CC3CC(F)(F)C2)c(O)c1=O. The number of hydrogen-bond acceptors (Lipinski definition) is 4. The van der Waals surface area contributed by atoms with Gasteiger partial charge in [0, 0.05) is 37.3 Å². The second-order valence-corrected chi connectivity index (χ2v) is 8.18. The average molecular weight is 453 g/mol. The van der Waals surface area contributed by atoms with E-state index >= 15 is 0 Å². The van der Waals surface area contributed by atoms with Gasteiger partial charge >= 0.3 is 0 Å². The van der Waals surface area contributed by atoms with Crippen molar-refractivity contribution in [2.75, 3.05) is 13.1 Å². The molecule has 2 aromatic rings. The molecule has 0 bridgehead atoms. The van der Waals surface area contributed by atoms with Crippen LogP contribution in [0.2, 0.25) is 0 Å². The van der Waals surface area contributed by atoms with Crippen LogP contribution in [0.5, 0.6) is 5.75 Å². The number of nitrogens with one attached hydrogen (secondary N) is 2. The minimum Gasteiger partial charge on any atom is -0.503 e. The number of carbonyl (C=O) groups is 2. The number of halogens is 4. The number of likely N-dealkylation sites (tertiary alicyclic amines) is 1. The zero-order valence-electron chi connectivity index (χ0n) is 16.6. The third-order valence-corrected chi connectivity index (χ3v) is 5.76. The fraction of sp³-hybridized carbons (Fsp3) is 0.381. The van der Waals surface area contributed by atoms with E-state index < -0.39 is 58.4 Å². The summed E-state index contributed by atoms with van der Waals surface area (Å²) >= 11 is 0. The summed E-state index contributed by atoms with van der Waals surface area (Å²) in [7, 11) is 0. The van der Waals surface area contributed by atoms with Crippen LogP contribution in [0.4, 0.5) is 17.6 Å². The van der Waals surface area contributed by atoms with E-state index in [1.54, 1.807) is 0 Å². The van der Waals surface area contributed by atoms with Gasteiger partial charge in [0.1, 0.15) is 17.2 Å². The quantitative estimate of drug-likeness (QED) is 0.619. The molecule has 170 valence electrons. The average Bonchev–Trinajstić information content (AvgIpc) is 3.45. The number of pyridine rings is 1. The first-order valence-corrected chi connectivity index (χ1v) is 9.89. The van der Waals surface area contributed by atoms with E-state index in [-0.39, 0.29) is 36.9 Å². The predicted octanol–water partition coefficient (Wildman–Crippen LogP) is 2.41. The molecule has 11 heteroatoms. The third-order valence-electron chi connectivity index (χ3n) is 5.76. The Hall–Kier alpha value is -3.37. The number of hydrogen-bond donors (Lipinski definition) is 3. The van der Waals surface area contributed by atoms with Crippen molar-refractivity contribution in [1.82, 2.24) is 15.2 Å². The molecule has 1 aliphatic carbocycles. The zero-order valence-corrected chi connectivity index (χ0v) is 16.6. The summed E-state index contributed by atoms with van der Waals surface area (Å²) in [5, 5.41) is 12.5. The summed E-state index contributed by atoms with van der Waals surface area (Å²) < 4.78 is 54.8. The molecule has 1 unspecified atom stereocenters. The Kier molecular flexibility index (Phi) is 5.43. The Morgan fingerprint density at radius 3 is 2.72 bits per heavy atom. The molecule has 1 aromatic heterocycles. The van der Waals surface area contributed by atoms with Crippen LogP contribution < -0.4 is 10.7 Å². The molecule has 2 atom stereocenters. The second-order valence-electron chi connectivity index (χ2n) is 8.18. The number of aromatic nitrogens is 1. The molecule has 1 saturated carbocycles. The maximum absolute atomic E-state index is 14.1. The lowest BCUT2D eigenvalue weighted by atomic mass is 10.1. The van der Waals surface area contributed by atoms with E-state index in [4.69, 9.17) is 0 Å². The van der Waals surface area contributed by atoms with Gasteiger partial charge in [-0.3, -0.25) is 14.4 Å². The van der Waals surface area contributed by atoms with Crippen molar-refractivity contribution >= 4 is 11.8 Å². The maximum Gasteiger partial charge on any atom is 0.274 e. The molecule has 1 aromatic carbocycles. The normalized spacial score (nSPS) is 21.4. The van der Waals surface area contributed by atoms with Crippen molar-refractivity contribution in [3.8, 4) is 5.75 Å². The minimum atomic E-state index is -3.07. The highest BCUT2D eigenvalue weighted by Gasteiger charge is 2.50. The van der Waals surface area contributed by atoms with Crippen molar-refractivity contribution < 1.29 is 32.3 Å². The van der Waals surface area contributed by atoms with Crippen molar-refractivity contribution in [2.24, 2.45) is 11.8 Å². The number of amides is 2.